The first-order valence-electron chi connectivity index (χ1n) is 11.8. The number of carboxylic acid groups (broad SMARTS) is 1. The van der Waals surface area contributed by atoms with Gasteiger partial charge in [-0.1, -0.05) is 39.0 Å². The standard InChI is InChI=1S/C26H31N3O4/c1-26(2,3)22-15-29-24(20-13-21(30)19(25(31)32)14-28(20)22)18-6-4-5-17(23(18)27-29)8-7-16-9-11-33-12-10-16/h4-6,13-14,16,22H,7-12,15H2,1-3H3,(H,31,32). The molecule has 0 amide bonds. The van der Waals surface area contributed by atoms with Crippen LogP contribution in [0.2, 0.25) is 0 Å². The van der Waals surface area contributed by atoms with Gasteiger partial charge in [-0.05, 0) is 42.6 Å². The van der Waals surface area contributed by atoms with Gasteiger partial charge in [0.1, 0.15) is 5.56 Å². The summed E-state index contributed by atoms with van der Waals surface area (Å²) in [6.07, 6.45) is 5.84. The van der Waals surface area contributed by atoms with Crippen LogP contribution in [0.5, 0.6) is 0 Å². The Morgan fingerprint density at radius 2 is 2.00 bits per heavy atom. The number of hydrogen-bond donors (Lipinski definition) is 1. The summed E-state index contributed by atoms with van der Waals surface area (Å²) in [7, 11) is 0. The molecule has 1 unspecified atom stereocenters. The van der Waals surface area contributed by atoms with E-state index in [1.165, 1.54) is 17.8 Å². The van der Waals surface area contributed by atoms with Crippen LogP contribution in [0.3, 0.4) is 0 Å². The van der Waals surface area contributed by atoms with Crippen LogP contribution in [0, 0.1) is 11.3 Å². The van der Waals surface area contributed by atoms with Crippen LogP contribution in [0.4, 0.5) is 0 Å². The average Bonchev–Trinajstić information content (AvgIpc) is 3.16. The summed E-state index contributed by atoms with van der Waals surface area (Å²) in [5, 5.41) is 15.6. The van der Waals surface area contributed by atoms with Gasteiger partial charge in [-0.25, -0.2) is 4.79 Å². The lowest BCUT2D eigenvalue weighted by Gasteiger charge is -2.38. The highest BCUT2D eigenvalue weighted by Gasteiger charge is 2.35. The molecule has 2 aromatic heterocycles. The number of hydrogen-bond acceptors (Lipinski definition) is 4. The van der Waals surface area contributed by atoms with Gasteiger partial charge in [-0.2, -0.15) is 5.10 Å². The van der Waals surface area contributed by atoms with E-state index in [9.17, 15) is 14.7 Å². The summed E-state index contributed by atoms with van der Waals surface area (Å²) >= 11 is 0. The number of aromatic carboxylic acids is 1. The minimum absolute atomic E-state index is 0.0290. The topological polar surface area (TPSA) is 86.3 Å². The Morgan fingerprint density at radius 3 is 2.70 bits per heavy atom. The SMILES string of the molecule is CC(C)(C)C1Cn2nc3c(CCC4CCOCC4)cccc3c2-c2cc(=O)c(C(=O)O)cn21. The minimum Gasteiger partial charge on any atom is -0.477 e. The smallest absolute Gasteiger partial charge is 0.341 e. The summed E-state index contributed by atoms with van der Waals surface area (Å²) in [6, 6.07) is 7.72. The molecule has 7 nitrogen and oxygen atoms in total. The molecule has 7 heteroatoms. The molecular formula is C26H31N3O4. The van der Waals surface area contributed by atoms with Crippen molar-refractivity contribution in [1.29, 1.82) is 0 Å². The Hall–Kier alpha value is -2.93. The molecule has 5 rings (SSSR count). The van der Waals surface area contributed by atoms with E-state index in [0.29, 0.717) is 12.5 Å². The third-order valence-electron chi connectivity index (χ3n) is 7.25. The summed E-state index contributed by atoms with van der Waals surface area (Å²) in [4.78, 5) is 24.3. The summed E-state index contributed by atoms with van der Waals surface area (Å²) in [5.41, 5.74) is 3.02. The van der Waals surface area contributed by atoms with E-state index in [1.807, 2.05) is 9.25 Å². The summed E-state index contributed by atoms with van der Waals surface area (Å²) in [6.45, 7) is 8.73. The quantitative estimate of drug-likeness (QED) is 0.633. The van der Waals surface area contributed by atoms with Gasteiger partial charge in [0.25, 0.3) is 0 Å². The predicted octanol–water partition coefficient (Wildman–Crippen LogP) is 4.52. The number of aromatic nitrogens is 3. The van der Waals surface area contributed by atoms with Crippen LogP contribution in [-0.4, -0.2) is 38.6 Å². The number of aryl methyl sites for hydroxylation is 1. The molecule has 0 radical (unpaired) electrons. The Bertz CT molecular complexity index is 1280. The van der Waals surface area contributed by atoms with Crippen molar-refractivity contribution in [3.8, 4) is 11.4 Å². The lowest BCUT2D eigenvalue weighted by molar-refractivity contribution is 0.0640. The lowest BCUT2D eigenvalue weighted by atomic mass is 9.84. The van der Waals surface area contributed by atoms with E-state index in [-0.39, 0.29) is 17.0 Å². The maximum absolute atomic E-state index is 12.7. The van der Waals surface area contributed by atoms with E-state index in [4.69, 9.17) is 9.84 Å². The Kier molecular flexibility index (Phi) is 5.40. The van der Waals surface area contributed by atoms with Gasteiger partial charge in [0.15, 0.2) is 5.43 Å². The van der Waals surface area contributed by atoms with Gasteiger partial charge in [0.2, 0.25) is 0 Å². The summed E-state index contributed by atoms with van der Waals surface area (Å²) in [5.74, 6) is -0.507. The fraction of sp³-hybridized carbons (Fsp3) is 0.500. The van der Waals surface area contributed by atoms with Crippen LogP contribution in [-0.2, 0) is 17.7 Å². The second-order valence-electron chi connectivity index (χ2n) is 10.5. The van der Waals surface area contributed by atoms with Crippen molar-refractivity contribution in [3.63, 3.8) is 0 Å². The van der Waals surface area contributed by atoms with Crippen molar-refractivity contribution in [1.82, 2.24) is 14.3 Å². The first-order valence-corrected chi connectivity index (χ1v) is 11.8. The highest BCUT2D eigenvalue weighted by Crippen LogP contribution is 2.42. The van der Waals surface area contributed by atoms with Crippen LogP contribution >= 0.6 is 0 Å². The number of fused-ring (bicyclic) bond motifs is 5. The first-order chi connectivity index (χ1) is 15.7. The maximum atomic E-state index is 12.7. The van der Waals surface area contributed by atoms with Crippen molar-refractivity contribution in [2.24, 2.45) is 11.3 Å². The van der Waals surface area contributed by atoms with Crippen LogP contribution in [0.1, 0.15) is 62.0 Å². The molecule has 3 aromatic rings. The Morgan fingerprint density at radius 1 is 1.24 bits per heavy atom. The maximum Gasteiger partial charge on any atom is 0.341 e. The van der Waals surface area contributed by atoms with Gasteiger partial charge < -0.3 is 14.4 Å². The summed E-state index contributed by atoms with van der Waals surface area (Å²) < 4.78 is 9.50. The van der Waals surface area contributed by atoms with Gasteiger partial charge in [-0.15, -0.1) is 0 Å². The van der Waals surface area contributed by atoms with Gasteiger partial charge in [-0.3, -0.25) is 9.48 Å². The number of benzene rings is 1. The third-order valence-corrected chi connectivity index (χ3v) is 7.25. The molecule has 0 spiro atoms. The van der Waals surface area contributed by atoms with Crippen molar-refractivity contribution >= 4 is 16.9 Å². The average molecular weight is 450 g/mol. The molecule has 1 aromatic carbocycles. The fourth-order valence-corrected chi connectivity index (χ4v) is 5.31. The molecular weight excluding hydrogens is 418 g/mol. The Labute approximate surface area is 193 Å². The number of carboxylic acids is 1. The molecule has 0 saturated carbocycles. The van der Waals surface area contributed by atoms with E-state index in [0.717, 1.165) is 61.2 Å². The second-order valence-corrected chi connectivity index (χ2v) is 10.5. The number of carbonyl (C=O) groups is 1. The van der Waals surface area contributed by atoms with Crippen LogP contribution in [0.15, 0.2) is 35.3 Å². The van der Waals surface area contributed by atoms with Crippen LogP contribution < -0.4 is 5.43 Å². The number of nitrogens with zero attached hydrogens (tertiary/aromatic N) is 3. The molecule has 0 bridgehead atoms. The molecule has 0 aliphatic carbocycles. The number of ether oxygens (including phenoxy) is 1. The highest BCUT2D eigenvalue weighted by molar-refractivity contribution is 5.95. The lowest BCUT2D eigenvalue weighted by Crippen LogP contribution is -2.35. The largest absolute Gasteiger partial charge is 0.477 e. The molecule has 4 heterocycles. The second kappa shape index (κ2) is 8.13. The normalized spacial score (nSPS) is 18.8. The molecule has 1 saturated heterocycles. The van der Waals surface area contributed by atoms with E-state index < -0.39 is 11.4 Å². The monoisotopic (exact) mass is 449 g/mol. The zero-order chi connectivity index (χ0) is 23.3. The zero-order valence-corrected chi connectivity index (χ0v) is 19.5. The number of rotatable bonds is 4. The fourth-order valence-electron chi connectivity index (χ4n) is 5.31. The van der Waals surface area contributed by atoms with Gasteiger partial charge in [0.05, 0.1) is 29.5 Å². The molecule has 2 aliphatic heterocycles. The van der Waals surface area contributed by atoms with E-state index in [1.54, 1.807) is 0 Å². The first kappa shape index (κ1) is 21.9. The van der Waals surface area contributed by atoms with Crippen molar-refractivity contribution in [2.75, 3.05) is 13.2 Å². The van der Waals surface area contributed by atoms with Crippen molar-refractivity contribution in [3.05, 3.63) is 51.8 Å². The molecule has 174 valence electrons. The minimum atomic E-state index is -1.19. The van der Waals surface area contributed by atoms with E-state index >= 15 is 0 Å². The molecule has 1 fully saturated rings. The molecule has 1 N–H and O–H groups in total. The Balaban J connectivity index is 1.62. The number of pyridine rings is 1. The molecule has 2 aliphatic rings. The third kappa shape index (κ3) is 3.88. The molecule has 33 heavy (non-hydrogen) atoms. The van der Waals surface area contributed by atoms with Crippen LogP contribution in [0.25, 0.3) is 22.3 Å². The predicted molar refractivity (Wildman–Crippen MR) is 127 cm³/mol. The highest BCUT2D eigenvalue weighted by atomic mass is 16.5. The molecule has 1 atom stereocenters. The van der Waals surface area contributed by atoms with Crippen molar-refractivity contribution in [2.45, 2.75) is 59.0 Å². The van der Waals surface area contributed by atoms with Crippen molar-refractivity contribution < 1.29 is 14.6 Å². The van der Waals surface area contributed by atoms with Gasteiger partial charge in [0, 0.05) is 30.9 Å². The van der Waals surface area contributed by atoms with E-state index in [2.05, 4.69) is 39.0 Å². The zero-order valence-electron chi connectivity index (χ0n) is 19.5. The van der Waals surface area contributed by atoms with Gasteiger partial charge >= 0.3 is 5.97 Å².